The Morgan fingerprint density at radius 2 is 1.94 bits per heavy atom. The van der Waals surface area contributed by atoms with Crippen LogP contribution in [0, 0.1) is 0 Å². The van der Waals surface area contributed by atoms with Gasteiger partial charge in [-0.05, 0) is 12.1 Å². The highest BCUT2D eigenvalue weighted by Gasteiger charge is 2.16. The lowest BCUT2D eigenvalue weighted by Crippen LogP contribution is -2.38. The fourth-order valence-electron chi connectivity index (χ4n) is 1.38. The quantitative estimate of drug-likeness (QED) is 0.596. The Balaban J connectivity index is 2.74. The Morgan fingerprint density at radius 1 is 1.33 bits per heavy atom. The zero-order valence-electron chi connectivity index (χ0n) is 10.4. The van der Waals surface area contributed by atoms with E-state index in [1.165, 1.54) is 16.6 Å². The van der Waals surface area contributed by atoms with Crippen LogP contribution in [0.1, 0.15) is 19.4 Å². The molecule has 1 rings (SSSR count). The van der Waals surface area contributed by atoms with Crippen molar-refractivity contribution in [3.8, 4) is 5.75 Å². The van der Waals surface area contributed by atoms with E-state index in [0.717, 1.165) is 0 Å². The van der Waals surface area contributed by atoms with Crippen LogP contribution in [0.5, 0.6) is 5.75 Å². The number of hydrazone groups is 1. The molecule has 0 amide bonds. The van der Waals surface area contributed by atoms with E-state index >= 15 is 0 Å². The van der Waals surface area contributed by atoms with Crippen molar-refractivity contribution in [1.29, 1.82) is 0 Å². The molecule has 100 valence electrons. The SMILES string of the molecule is CCN(CC)S(=O)(=O)N/N=C/c1ccccc1O. The van der Waals surface area contributed by atoms with Crippen LogP contribution in [-0.4, -0.2) is 37.1 Å². The second kappa shape index (κ2) is 6.36. The molecule has 1 aromatic carbocycles. The van der Waals surface area contributed by atoms with Crippen LogP contribution in [0.15, 0.2) is 29.4 Å². The number of hydrogen-bond acceptors (Lipinski definition) is 4. The molecule has 0 aliphatic rings. The maximum absolute atomic E-state index is 11.7. The maximum atomic E-state index is 11.7. The number of hydrogen-bond donors (Lipinski definition) is 2. The van der Waals surface area contributed by atoms with Gasteiger partial charge in [0.15, 0.2) is 0 Å². The van der Waals surface area contributed by atoms with Gasteiger partial charge in [0.25, 0.3) is 0 Å². The number of nitrogens with zero attached hydrogens (tertiary/aromatic N) is 2. The summed E-state index contributed by atoms with van der Waals surface area (Å²) in [6.07, 6.45) is 1.26. The first-order valence-electron chi connectivity index (χ1n) is 5.59. The first-order valence-corrected chi connectivity index (χ1v) is 7.03. The largest absolute Gasteiger partial charge is 0.507 e. The molecule has 0 saturated carbocycles. The molecule has 6 nitrogen and oxygen atoms in total. The molecule has 7 heteroatoms. The number of phenols is 1. The minimum atomic E-state index is -3.60. The molecule has 0 aliphatic heterocycles. The van der Waals surface area contributed by atoms with E-state index in [9.17, 15) is 13.5 Å². The van der Waals surface area contributed by atoms with Gasteiger partial charge in [-0.2, -0.15) is 22.7 Å². The number of aromatic hydroxyl groups is 1. The van der Waals surface area contributed by atoms with Crippen molar-refractivity contribution in [2.45, 2.75) is 13.8 Å². The molecular formula is C11H17N3O3S. The predicted molar refractivity (Wildman–Crippen MR) is 70.7 cm³/mol. The van der Waals surface area contributed by atoms with Gasteiger partial charge in [-0.1, -0.05) is 26.0 Å². The first kappa shape index (κ1) is 14.5. The van der Waals surface area contributed by atoms with Crippen molar-refractivity contribution in [2.75, 3.05) is 13.1 Å². The van der Waals surface area contributed by atoms with E-state index < -0.39 is 10.2 Å². The molecule has 18 heavy (non-hydrogen) atoms. The minimum Gasteiger partial charge on any atom is -0.507 e. The third kappa shape index (κ3) is 3.71. The third-order valence-electron chi connectivity index (χ3n) is 2.35. The monoisotopic (exact) mass is 271 g/mol. The van der Waals surface area contributed by atoms with Crippen LogP contribution in [0.4, 0.5) is 0 Å². The maximum Gasteiger partial charge on any atom is 0.316 e. The van der Waals surface area contributed by atoms with Gasteiger partial charge in [0.05, 0.1) is 6.21 Å². The normalized spacial score (nSPS) is 12.2. The fourth-order valence-corrected chi connectivity index (χ4v) is 2.36. The number of benzene rings is 1. The van der Waals surface area contributed by atoms with Gasteiger partial charge in [-0.15, -0.1) is 0 Å². The van der Waals surface area contributed by atoms with Crippen LogP contribution < -0.4 is 4.83 Å². The average molecular weight is 271 g/mol. The first-order chi connectivity index (χ1) is 8.51. The Morgan fingerprint density at radius 3 is 2.50 bits per heavy atom. The van der Waals surface area contributed by atoms with Gasteiger partial charge in [-0.3, -0.25) is 0 Å². The van der Waals surface area contributed by atoms with Crippen molar-refractivity contribution in [2.24, 2.45) is 5.10 Å². The summed E-state index contributed by atoms with van der Waals surface area (Å²) in [4.78, 5) is 2.09. The molecule has 0 atom stereocenters. The van der Waals surface area contributed by atoms with E-state index in [-0.39, 0.29) is 5.75 Å². The molecule has 0 aromatic heterocycles. The highest BCUT2D eigenvalue weighted by atomic mass is 32.2. The Kier molecular flexibility index (Phi) is 5.11. The topological polar surface area (TPSA) is 82.0 Å². The van der Waals surface area contributed by atoms with Crippen molar-refractivity contribution in [1.82, 2.24) is 9.14 Å². The number of para-hydroxylation sites is 1. The van der Waals surface area contributed by atoms with Gasteiger partial charge in [0.2, 0.25) is 0 Å². The van der Waals surface area contributed by atoms with Crippen LogP contribution in [0.2, 0.25) is 0 Å². The summed E-state index contributed by atoms with van der Waals surface area (Å²) in [7, 11) is -3.60. The molecule has 0 heterocycles. The summed E-state index contributed by atoms with van der Waals surface area (Å²) < 4.78 is 24.7. The third-order valence-corrected chi connectivity index (χ3v) is 3.89. The van der Waals surface area contributed by atoms with E-state index in [4.69, 9.17) is 0 Å². The number of phenolic OH excluding ortho intramolecular Hbond substituents is 1. The summed E-state index contributed by atoms with van der Waals surface area (Å²) in [6, 6.07) is 6.53. The van der Waals surface area contributed by atoms with Crippen molar-refractivity contribution < 1.29 is 13.5 Å². The molecule has 0 aliphatic carbocycles. The minimum absolute atomic E-state index is 0.0447. The van der Waals surface area contributed by atoms with E-state index in [2.05, 4.69) is 9.93 Å². The molecule has 1 aromatic rings. The lowest BCUT2D eigenvalue weighted by atomic mass is 10.2. The van der Waals surface area contributed by atoms with Gasteiger partial charge in [0.1, 0.15) is 5.75 Å². The summed E-state index contributed by atoms with van der Waals surface area (Å²) in [5.74, 6) is 0.0447. The molecule has 0 bridgehead atoms. The van der Waals surface area contributed by atoms with Crippen molar-refractivity contribution >= 4 is 16.4 Å². The molecular weight excluding hydrogens is 254 g/mol. The van der Waals surface area contributed by atoms with Crippen molar-refractivity contribution in [3.05, 3.63) is 29.8 Å². The molecule has 0 saturated heterocycles. The Labute approximate surface area is 107 Å². The highest BCUT2D eigenvalue weighted by molar-refractivity contribution is 7.87. The van der Waals surface area contributed by atoms with E-state index in [1.807, 2.05) is 0 Å². The highest BCUT2D eigenvalue weighted by Crippen LogP contribution is 2.12. The molecule has 0 spiro atoms. The average Bonchev–Trinajstić information content (AvgIpc) is 2.32. The molecule has 0 radical (unpaired) electrons. The Bertz CT molecular complexity index is 510. The van der Waals surface area contributed by atoms with Crippen LogP contribution in [0.3, 0.4) is 0 Å². The summed E-state index contributed by atoms with van der Waals surface area (Å²) in [6.45, 7) is 4.24. The van der Waals surface area contributed by atoms with E-state index in [1.54, 1.807) is 32.0 Å². The second-order valence-corrected chi connectivity index (χ2v) is 5.15. The molecule has 0 unspecified atom stereocenters. The van der Waals surface area contributed by atoms with Gasteiger partial charge >= 0.3 is 10.2 Å². The summed E-state index contributed by atoms with van der Waals surface area (Å²) in [5.41, 5.74) is 0.444. The van der Waals surface area contributed by atoms with Crippen molar-refractivity contribution in [3.63, 3.8) is 0 Å². The smallest absolute Gasteiger partial charge is 0.316 e. The molecule has 2 N–H and O–H groups in total. The zero-order valence-corrected chi connectivity index (χ0v) is 11.2. The standard InChI is InChI=1S/C11H17N3O3S/c1-3-14(4-2)18(16,17)13-12-9-10-7-5-6-8-11(10)15/h5-9,13,15H,3-4H2,1-2H3/b12-9+. The Hall–Kier alpha value is -1.60. The number of rotatable bonds is 6. The van der Waals surface area contributed by atoms with Gasteiger partial charge in [-0.25, -0.2) is 0 Å². The summed E-state index contributed by atoms with van der Waals surface area (Å²) >= 11 is 0. The lowest BCUT2D eigenvalue weighted by molar-refractivity contribution is 0.436. The predicted octanol–water partition coefficient (Wildman–Crippen LogP) is 0.902. The molecule has 0 fully saturated rings. The van der Waals surface area contributed by atoms with Crippen LogP contribution >= 0.6 is 0 Å². The van der Waals surface area contributed by atoms with E-state index in [0.29, 0.717) is 18.7 Å². The lowest BCUT2D eigenvalue weighted by Gasteiger charge is -2.16. The summed E-state index contributed by atoms with van der Waals surface area (Å²) in [5, 5.41) is 13.1. The fraction of sp³-hybridized carbons (Fsp3) is 0.364. The van der Waals surface area contributed by atoms with Gasteiger partial charge < -0.3 is 5.11 Å². The zero-order chi connectivity index (χ0) is 13.6. The second-order valence-electron chi connectivity index (χ2n) is 3.50. The van der Waals surface area contributed by atoms with Crippen LogP contribution in [0.25, 0.3) is 0 Å². The van der Waals surface area contributed by atoms with Crippen LogP contribution in [-0.2, 0) is 10.2 Å². The number of nitrogens with one attached hydrogen (secondary N) is 1. The van der Waals surface area contributed by atoms with Gasteiger partial charge in [0, 0.05) is 18.7 Å².